The summed E-state index contributed by atoms with van der Waals surface area (Å²) in [6.45, 7) is 2.99. The molecule has 0 spiro atoms. The second-order valence-electron chi connectivity index (χ2n) is 7.61. The van der Waals surface area contributed by atoms with Crippen LogP contribution in [-0.2, 0) is 24.3 Å². The quantitative estimate of drug-likeness (QED) is 0.755. The number of aliphatic hydroxyl groups is 1. The van der Waals surface area contributed by atoms with Crippen molar-refractivity contribution in [1.29, 1.82) is 0 Å². The zero-order valence-electron chi connectivity index (χ0n) is 16.2. The highest BCUT2D eigenvalue weighted by Crippen LogP contribution is 2.32. The van der Waals surface area contributed by atoms with Crippen LogP contribution in [0.5, 0.6) is 0 Å². The maximum Gasteiger partial charge on any atom is 0.229 e. The van der Waals surface area contributed by atoms with Crippen LogP contribution in [0.2, 0.25) is 0 Å². The van der Waals surface area contributed by atoms with Gasteiger partial charge < -0.3 is 10.0 Å². The Bertz CT molecular complexity index is 1140. The highest BCUT2D eigenvalue weighted by Gasteiger charge is 2.31. The molecule has 0 aliphatic carbocycles. The maximum atomic E-state index is 12.7. The summed E-state index contributed by atoms with van der Waals surface area (Å²) in [5.41, 5.74) is 8.08. The number of aromatic nitrogens is 1. The zero-order valence-corrected chi connectivity index (χ0v) is 16.2. The summed E-state index contributed by atoms with van der Waals surface area (Å²) in [5.74, 6) is -0.0577. The van der Waals surface area contributed by atoms with E-state index in [9.17, 15) is 9.90 Å². The Balaban J connectivity index is 1.49. The molecule has 1 aromatic heterocycles. The molecule has 0 saturated carbocycles. The van der Waals surface area contributed by atoms with E-state index < -0.39 is 6.23 Å². The van der Waals surface area contributed by atoms with Gasteiger partial charge in [0.25, 0.3) is 0 Å². The lowest BCUT2D eigenvalue weighted by molar-refractivity contribution is -0.143. The van der Waals surface area contributed by atoms with Crippen LogP contribution in [-0.4, -0.2) is 26.6 Å². The van der Waals surface area contributed by atoms with Crippen LogP contribution in [0.4, 0.5) is 0 Å². The number of fused-ring (bicyclic) bond motifs is 2. The van der Waals surface area contributed by atoms with Gasteiger partial charge in [-0.1, -0.05) is 36.4 Å². The van der Waals surface area contributed by atoms with E-state index in [4.69, 9.17) is 4.99 Å². The minimum absolute atomic E-state index is 0.0577. The SMILES string of the molecule is Cc1cc(C2=NCc3cc4c(cc32)CN(C(O)c2ccccc2)C(=O)C4)ccn1. The first-order chi connectivity index (χ1) is 14.1. The number of aliphatic hydroxyl groups excluding tert-OH is 1. The zero-order chi connectivity index (χ0) is 20.0. The van der Waals surface area contributed by atoms with Crippen molar-refractivity contribution >= 4 is 11.6 Å². The van der Waals surface area contributed by atoms with Gasteiger partial charge in [0.05, 0.1) is 18.7 Å². The molecule has 1 amide bonds. The molecule has 2 aliphatic rings. The van der Waals surface area contributed by atoms with Crippen LogP contribution in [0.15, 0.2) is 65.8 Å². The number of nitrogens with zero attached hydrogens (tertiary/aromatic N) is 3. The van der Waals surface area contributed by atoms with Gasteiger partial charge in [0.1, 0.15) is 0 Å². The summed E-state index contributed by atoms with van der Waals surface area (Å²) in [6, 6.07) is 17.6. The predicted molar refractivity (Wildman–Crippen MR) is 110 cm³/mol. The molecule has 3 aromatic rings. The molecule has 5 nitrogen and oxygen atoms in total. The first-order valence-corrected chi connectivity index (χ1v) is 9.75. The topological polar surface area (TPSA) is 65.8 Å². The third-order valence-electron chi connectivity index (χ3n) is 5.65. The lowest BCUT2D eigenvalue weighted by Gasteiger charge is -2.33. The molecule has 144 valence electrons. The Kier molecular flexibility index (Phi) is 4.25. The van der Waals surface area contributed by atoms with E-state index in [1.807, 2.05) is 49.4 Å². The molecule has 2 aromatic carbocycles. The Morgan fingerprint density at radius 3 is 2.66 bits per heavy atom. The van der Waals surface area contributed by atoms with Crippen molar-refractivity contribution in [3.8, 4) is 0 Å². The minimum atomic E-state index is -0.943. The lowest BCUT2D eigenvalue weighted by atomic mass is 9.91. The molecule has 5 rings (SSSR count). The second-order valence-corrected chi connectivity index (χ2v) is 7.61. The third-order valence-corrected chi connectivity index (χ3v) is 5.65. The third kappa shape index (κ3) is 3.13. The average molecular weight is 383 g/mol. The highest BCUT2D eigenvalue weighted by atomic mass is 16.3. The molecule has 0 radical (unpaired) electrons. The summed E-state index contributed by atoms with van der Waals surface area (Å²) in [5, 5.41) is 10.8. The van der Waals surface area contributed by atoms with E-state index in [2.05, 4.69) is 17.1 Å². The van der Waals surface area contributed by atoms with Crippen LogP contribution in [0.25, 0.3) is 0 Å². The predicted octanol–water partition coefficient (Wildman–Crippen LogP) is 3.32. The lowest BCUT2D eigenvalue weighted by Crippen LogP contribution is -2.39. The number of rotatable bonds is 3. The number of pyridine rings is 1. The fourth-order valence-corrected chi connectivity index (χ4v) is 4.16. The van der Waals surface area contributed by atoms with E-state index in [0.29, 0.717) is 19.5 Å². The highest BCUT2D eigenvalue weighted by molar-refractivity contribution is 6.15. The number of benzene rings is 2. The summed E-state index contributed by atoms with van der Waals surface area (Å²) in [4.78, 5) is 23.3. The van der Waals surface area contributed by atoms with Gasteiger partial charge in [0.15, 0.2) is 6.23 Å². The summed E-state index contributed by atoms with van der Waals surface area (Å²) < 4.78 is 0. The number of carbonyl (C=O) groups is 1. The van der Waals surface area contributed by atoms with Crippen molar-refractivity contribution in [3.05, 3.63) is 99.9 Å². The fraction of sp³-hybridized carbons (Fsp3) is 0.208. The van der Waals surface area contributed by atoms with E-state index in [0.717, 1.165) is 44.8 Å². The molecule has 29 heavy (non-hydrogen) atoms. The Morgan fingerprint density at radius 1 is 1.03 bits per heavy atom. The Morgan fingerprint density at radius 2 is 1.86 bits per heavy atom. The van der Waals surface area contributed by atoms with Gasteiger partial charge in [-0.25, -0.2) is 0 Å². The van der Waals surface area contributed by atoms with Crippen LogP contribution < -0.4 is 0 Å². The van der Waals surface area contributed by atoms with Gasteiger partial charge >= 0.3 is 0 Å². The van der Waals surface area contributed by atoms with Gasteiger partial charge in [0.2, 0.25) is 5.91 Å². The van der Waals surface area contributed by atoms with E-state index in [-0.39, 0.29) is 5.91 Å². The molecule has 0 fully saturated rings. The number of hydrogen-bond acceptors (Lipinski definition) is 4. The molecular formula is C24H21N3O2. The molecule has 1 N–H and O–H groups in total. The van der Waals surface area contributed by atoms with Gasteiger partial charge in [0, 0.05) is 35.1 Å². The number of aryl methyl sites for hydroxylation is 1. The molecular weight excluding hydrogens is 362 g/mol. The van der Waals surface area contributed by atoms with Gasteiger partial charge in [-0.2, -0.15) is 0 Å². The first-order valence-electron chi connectivity index (χ1n) is 9.75. The molecule has 1 unspecified atom stereocenters. The average Bonchev–Trinajstić information content (AvgIpc) is 3.14. The van der Waals surface area contributed by atoms with E-state index in [1.54, 1.807) is 11.1 Å². The summed E-state index contributed by atoms with van der Waals surface area (Å²) >= 11 is 0. The van der Waals surface area contributed by atoms with Crippen molar-refractivity contribution in [2.75, 3.05) is 0 Å². The Labute approximate surface area is 169 Å². The summed E-state index contributed by atoms with van der Waals surface area (Å²) in [7, 11) is 0. The smallest absolute Gasteiger partial charge is 0.229 e. The number of hydrogen-bond donors (Lipinski definition) is 1. The standard InChI is InChI=1S/C24H21N3O2/c1-15-9-17(7-8-25-15)23-21-11-20-14-27(24(29)16-5-3-2-4-6-16)22(28)12-18(20)10-19(21)13-26-23/h2-11,24,29H,12-14H2,1H3. The molecule has 2 aliphatic heterocycles. The Hall–Kier alpha value is -3.31. The van der Waals surface area contributed by atoms with Crippen LogP contribution >= 0.6 is 0 Å². The van der Waals surface area contributed by atoms with Gasteiger partial charge in [-0.3, -0.25) is 14.8 Å². The first kappa shape index (κ1) is 17.8. The molecule has 3 heterocycles. The number of aliphatic imine (C=N–C) groups is 1. The monoisotopic (exact) mass is 383 g/mol. The largest absolute Gasteiger partial charge is 0.369 e. The molecule has 5 heteroatoms. The van der Waals surface area contributed by atoms with E-state index >= 15 is 0 Å². The maximum absolute atomic E-state index is 12.7. The fourth-order valence-electron chi connectivity index (χ4n) is 4.16. The number of carbonyl (C=O) groups excluding carboxylic acids is 1. The van der Waals surface area contributed by atoms with E-state index in [1.165, 1.54) is 0 Å². The van der Waals surface area contributed by atoms with Crippen molar-refractivity contribution in [3.63, 3.8) is 0 Å². The van der Waals surface area contributed by atoms with Gasteiger partial charge in [-0.15, -0.1) is 0 Å². The van der Waals surface area contributed by atoms with Crippen LogP contribution in [0.1, 0.15) is 45.3 Å². The normalized spacial score (nSPS) is 16.3. The van der Waals surface area contributed by atoms with Gasteiger partial charge in [-0.05, 0) is 41.8 Å². The minimum Gasteiger partial charge on any atom is -0.369 e. The van der Waals surface area contributed by atoms with Crippen molar-refractivity contribution in [2.45, 2.75) is 32.7 Å². The molecule has 0 bridgehead atoms. The number of amides is 1. The molecule has 0 saturated heterocycles. The van der Waals surface area contributed by atoms with Crippen LogP contribution in [0, 0.1) is 6.92 Å². The van der Waals surface area contributed by atoms with Crippen molar-refractivity contribution in [1.82, 2.24) is 9.88 Å². The van der Waals surface area contributed by atoms with Crippen molar-refractivity contribution in [2.24, 2.45) is 4.99 Å². The molecule has 1 atom stereocenters. The van der Waals surface area contributed by atoms with Crippen LogP contribution in [0.3, 0.4) is 0 Å². The second kappa shape index (κ2) is 6.94. The van der Waals surface area contributed by atoms with Crippen molar-refractivity contribution < 1.29 is 9.90 Å². The summed E-state index contributed by atoms with van der Waals surface area (Å²) in [6.07, 6.45) is 1.16.